The van der Waals surface area contributed by atoms with Crippen LogP contribution in [0.1, 0.15) is 11.3 Å². The Kier molecular flexibility index (Phi) is 6.13. The number of rotatable bonds is 5. The Morgan fingerprint density at radius 3 is 2.58 bits per heavy atom. The molecule has 1 fully saturated rings. The SMILES string of the molecule is Cc1nn(-c2ccc(F)c(O)c2F)c2cnc(N3CCN(S(C)(=O)=O)C[C@H]3Cc3ccccc3)cc12. The largest absolute Gasteiger partial charge is 0.503 e. The number of piperazine rings is 1. The quantitative estimate of drug-likeness (QED) is 0.440. The monoisotopic (exact) mass is 513 g/mol. The van der Waals surface area contributed by atoms with Crippen LogP contribution in [0, 0.1) is 18.6 Å². The Hall–Kier alpha value is -3.57. The zero-order valence-electron chi connectivity index (χ0n) is 19.8. The van der Waals surface area contributed by atoms with Gasteiger partial charge in [-0.1, -0.05) is 30.3 Å². The molecule has 5 rings (SSSR count). The van der Waals surface area contributed by atoms with Crippen molar-refractivity contribution < 1.29 is 22.3 Å². The molecule has 0 amide bonds. The molecule has 2 aromatic heterocycles. The summed E-state index contributed by atoms with van der Waals surface area (Å²) in [7, 11) is -3.35. The van der Waals surface area contributed by atoms with Crippen LogP contribution in [0.5, 0.6) is 5.75 Å². The molecule has 1 saturated heterocycles. The zero-order valence-corrected chi connectivity index (χ0v) is 20.6. The van der Waals surface area contributed by atoms with Gasteiger partial charge >= 0.3 is 0 Å². The third kappa shape index (κ3) is 4.40. The van der Waals surface area contributed by atoms with Crippen molar-refractivity contribution in [3.8, 4) is 11.4 Å². The number of sulfonamides is 1. The summed E-state index contributed by atoms with van der Waals surface area (Å²) in [6.45, 7) is 2.89. The molecule has 0 radical (unpaired) electrons. The Labute approximate surface area is 207 Å². The number of anilines is 1. The molecule has 1 atom stereocenters. The van der Waals surface area contributed by atoms with Gasteiger partial charge in [-0.2, -0.15) is 9.40 Å². The maximum atomic E-state index is 14.6. The molecule has 1 N–H and O–H groups in total. The van der Waals surface area contributed by atoms with E-state index in [0.29, 0.717) is 48.5 Å². The number of pyridine rings is 1. The second-order valence-electron chi connectivity index (χ2n) is 8.94. The van der Waals surface area contributed by atoms with Crippen molar-refractivity contribution in [2.75, 3.05) is 30.8 Å². The maximum Gasteiger partial charge on any atom is 0.211 e. The Morgan fingerprint density at radius 1 is 1.11 bits per heavy atom. The van der Waals surface area contributed by atoms with Gasteiger partial charge < -0.3 is 10.0 Å². The van der Waals surface area contributed by atoms with E-state index in [1.54, 1.807) is 13.1 Å². The summed E-state index contributed by atoms with van der Waals surface area (Å²) in [4.78, 5) is 6.71. The minimum atomic E-state index is -3.35. The first kappa shape index (κ1) is 24.1. The lowest BCUT2D eigenvalue weighted by Gasteiger charge is -2.41. The molecule has 0 saturated carbocycles. The molecule has 1 aliphatic rings. The molecular formula is C25H25F2N5O3S. The van der Waals surface area contributed by atoms with E-state index in [0.717, 1.165) is 11.6 Å². The number of hydrogen-bond donors (Lipinski definition) is 1. The molecule has 0 spiro atoms. The first-order chi connectivity index (χ1) is 17.1. The normalized spacial score (nSPS) is 17.1. The van der Waals surface area contributed by atoms with E-state index in [-0.39, 0.29) is 11.7 Å². The van der Waals surface area contributed by atoms with Crippen LogP contribution in [0.2, 0.25) is 0 Å². The maximum absolute atomic E-state index is 14.6. The van der Waals surface area contributed by atoms with Crippen LogP contribution in [0.15, 0.2) is 54.7 Å². The van der Waals surface area contributed by atoms with E-state index in [4.69, 9.17) is 0 Å². The average molecular weight is 514 g/mol. The summed E-state index contributed by atoms with van der Waals surface area (Å²) >= 11 is 0. The van der Waals surface area contributed by atoms with Gasteiger partial charge in [-0.15, -0.1) is 0 Å². The minimum Gasteiger partial charge on any atom is -0.503 e. The van der Waals surface area contributed by atoms with Crippen LogP contribution in [-0.2, 0) is 16.4 Å². The summed E-state index contributed by atoms with van der Waals surface area (Å²) in [6.07, 6.45) is 3.41. The highest BCUT2D eigenvalue weighted by molar-refractivity contribution is 7.88. The number of halogens is 2. The predicted octanol–water partition coefficient (Wildman–Crippen LogP) is 3.41. The summed E-state index contributed by atoms with van der Waals surface area (Å²) in [6, 6.07) is 13.7. The molecule has 0 bridgehead atoms. The van der Waals surface area contributed by atoms with Crippen molar-refractivity contribution >= 4 is 26.7 Å². The van der Waals surface area contributed by atoms with Crippen molar-refractivity contribution in [1.29, 1.82) is 0 Å². The van der Waals surface area contributed by atoms with E-state index < -0.39 is 27.4 Å². The number of hydrogen-bond acceptors (Lipinski definition) is 6. The van der Waals surface area contributed by atoms with E-state index in [9.17, 15) is 22.3 Å². The fourth-order valence-corrected chi connectivity index (χ4v) is 5.53. The average Bonchev–Trinajstić information content (AvgIpc) is 3.18. The van der Waals surface area contributed by atoms with Gasteiger partial charge in [-0.3, -0.25) is 0 Å². The summed E-state index contributed by atoms with van der Waals surface area (Å²) in [5.41, 5.74) is 2.09. The zero-order chi connectivity index (χ0) is 25.6. The van der Waals surface area contributed by atoms with Crippen LogP contribution in [0.3, 0.4) is 0 Å². The number of aryl methyl sites for hydroxylation is 1. The first-order valence-electron chi connectivity index (χ1n) is 11.4. The number of nitrogens with zero attached hydrogens (tertiary/aromatic N) is 5. The molecule has 2 aromatic carbocycles. The fourth-order valence-electron chi connectivity index (χ4n) is 4.68. The van der Waals surface area contributed by atoms with Crippen molar-refractivity contribution in [2.24, 2.45) is 0 Å². The van der Waals surface area contributed by atoms with Crippen molar-refractivity contribution in [1.82, 2.24) is 19.1 Å². The molecule has 3 heterocycles. The molecular weight excluding hydrogens is 488 g/mol. The Bertz CT molecular complexity index is 1540. The number of phenolic OH excluding ortho intramolecular Hbond substituents is 1. The van der Waals surface area contributed by atoms with Gasteiger partial charge in [0.1, 0.15) is 11.5 Å². The van der Waals surface area contributed by atoms with Crippen LogP contribution in [0.25, 0.3) is 16.6 Å². The predicted molar refractivity (Wildman–Crippen MR) is 133 cm³/mol. The van der Waals surface area contributed by atoms with Crippen LogP contribution >= 0.6 is 0 Å². The first-order valence-corrected chi connectivity index (χ1v) is 13.3. The van der Waals surface area contributed by atoms with Crippen LogP contribution in [0.4, 0.5) is 14.6 Å². The number of benzene rings is 2. The van der Waals surface area contributed by atoms with Crippen LogP contribution in [-0.4, -0.2) is 64.5 Å². The van der Waals surface area contributed by atoms with Crippen LogP contribution < -0.4 is 4.90 Å². The van der Waals surface area contributed by atoms with E-state index in [2.05, 4.69) is 15.0 Å². The van der Waals surface area contributed by atoms with E-state index >= 15 is 0 Å². The molecule has 11 heteroatoms. The number of phenols is 1. The van der Waals surface area contributed by atoms with E-state index in [1.165, 1.54) is 21.3 Å². The minimum absolute atomic E-state index is 0.0923. The standard InChI is InChI=1S/C25H25F2N5O3S/c1-16-19-13-23(28-14-22(19)32(29-16)21-9-8-20(26)25(33)24(21)27)31-11-10-30(36(2,34)35)15-18(31)12-17-6-4-3-5-7-17/h3-9,13-14,18,33H,10-12,15H2,1-2H3/t18-/m1/s1. The van der Waals surface area contributed by atoms with Gasteiger partial charge in [0, 0.05) is 31.1 Å². The van der Waals surface area contributed by atoms with Crippen molar-refractivity contribution in [3.05, 3.63) is 77.6 Å². The van der Waals surface area contributed by atoms with Gasteiger partial charge in [-0.25, -0.2) is 26.9 Å². The highest BCUT2D eigenvalue weighted by atomic mass is 32.2. The molecule has 36 heavy (non-hydrogen) atoms. The van der Waals surface area contributed by atoms with Crippen molar-refractivity contribution in [2.45, 2.75) is 19.4 Å². The Morgan fingerprint density at radius 2 is 1.86 bits per heavy atom. The summed E-state index contributed by atoms with van der Waals surface area (Å²) < 4.78 is 55.5. The van der Waals surface area contributed by atoms with Gasteiger partial charge in [0.15, 0.2) is 17.4 Å². The molecule has 8 nitrogen and oxygen atoms in total. The Balaban J connectivity index is 1.54. The number of aromatic hydroxyl groups is 1. The highest BCUT2D eigenvalue weighted by Gasteiger charge is 2.32. The number of aromatic nitrogens is 3. The van der Waals surface area contributed by atoms with Gasteiger partial charge in [-0.05, 0) is 37.1 Å². The third-order valence-electron chi connectivity index (χ3n) is 6.53. The highest BCUT2D eigenvalue weighted by Crippen LogP contribution is 2.31. The fraction of sp³-hybridized carbons (Fsp3) is 0.280. The van der Waals surface area contributed by atoms with Gasteiger partial charge in [0.25, 0.3) is 0 Å². The topological polar surface area (TPSA) is 91.6 Å². The smallest absolute Gasteiger partial charge is 0.211 e. The summed E-state index contributed by atoms with van der Waals surface area (Å²) in [5.74, 6) is -2.57. The molecule has 0 aliphatic carbocycles. The lowest BCUT2D eigenvalue weighted by molar-refractivity contribution is 0.331. The summed E-state index contributed by atoms with van der Waals surface area (Å²) in [5, 5.41) is 14.8. The number of fused-ring (bicyclic) bond motifs is 1. The molecule has 188 valence electrons. The second kappa shape index (κ2) is 9.14. The van der Waals surface area contributed by atoms with Crippen molar-refractivity contribution in [3.63, 3.8) is 0 Å². The van der Waals surface area contributed by atoms with Gasteiger partial charge in [0.05, 0.1) is 23.7 Å². The molecule has 4 aromatic rings. The molecule has 0 unspecified atom stereocenters. The molecule has 1 aliphatic heterocycles. The lowest BCUT2D eigenvalue weighted by Crippen LogP contribution is -2.55. The second-order valence-corrected chi connectivity index (χ2v) is 10.9. The third-order valence-corrected chi connectivity index (χ3v) is 7.80. The van der Waals surface area contributed by atoms with E-state index in [1.807, 2.05) is 36.4 Å². The lowest BCUT2D eigenvalue weighted by atomic mass is 10.0. The van der Waals surface area contributed by atoms with Gasteiger partial charge in [0.2, 0.25) is 10.0 Å².